The first-order chi connectivity index (χ1) is 6.97. The van der Waals surface area contributed by atoms with E-state index in [0.717, 1.165) is 0 Å². The number of carboxylic acid groups (broad SMARTS) is 2. The van der Waals surface area contributed by atoms with Gasteiger partial charge in [-0.25, -0.2) is 4.79 Å². The molecule has 3 atom stereocenters. The van der Waals surface area contributed by atoms with Gasteiger partial charge in [-0.15, -0.1) is 0 Å². The lowest BCUT2D eigenvalue weighted by atomic mass is 9.84. The maximum atomic E-state index is 11.0. The van der Waals surface area contributed by atoms with Crippen LogP contribution in [0, 0.1) is 5.92 Å². The molecule has 1 aliphatic heterocycles. The van der Waals surface area contributed by atoms with Gasteiger partial charge in [-0.3, -0.25) is 4.79 Å². The number of carbonyl (C=O) groups is 2. The Bertz CT molecular complexity index is 366. The summed E-state index contributed by atoms with van der Waals surface area (Å²) in [7, 11) is 0. The van der Waals surface area contributed by atoms with E-state index in [2.05, 4.69) is 5.16 Å². The van der Waals surface area contributed by atoms with Crippen LogP contribution in [0.15, 0.2) is 5.16 Å². The van der Waals surface area contributed by atoms with Crippen LogP contribution in [-0.4, -0.2) is 39.5 Å². The molecule has 0 aromatic heterocycles. The molecule has 0 amide bonds. The Balaban J connectivity index is 2.37. The van der Waals surface area contributed by atoms with Crippen molar-refractivity contribution < 1.29 is 24.6 Å². The van der Waals surface area contributed by atoms with Gasteiger partial charge in [0.25, 0.3) is 0 Å². The Morgan fingerprint density at radius 3 is 2.73 bits per heavy atom. The zero-order chi connectivity index (χ0) is 11.2. The number of nitrogens with two attached hydrogens (primary N) is 1. The molecule has 1 aliphatic carbocycles. The van der Waals surface area contributed by atoms with Gasteiger partial charge in [-0.2, -0.15) is 0 Å². The second kappa shape index (κ2) is 2.93. The van der Waals surface area contributed by atoms with Gasteiger partial charge in [0.2, 0.25) is 0 Å². The van der Waals surface area contributed by atoms with E-state index in [1.807, 2.05) is 0 Å². The van der Waals surface area contributed by atoms with Crippen molar-refractivity contribution in [2.75, 3.05) is 0 Å². The topological polar surface area (TPSA) is 122 Å². The van der Waals surface area contributed by atoms with Gasteiger partial charge in [-0.05, 0) is 12.8 Å². The highest BCUT2D eigenvalue weighted by atomic mass is 16.6. The first-order valence-electron chi connectivity index (χ1n) is 4.46. The number of nitrogens with zero attached hydrogens (tertiary/aromatic N) is 1. The van der Waals surface area contributed by atoms with Crippen molar-refractivity contribution in [1.82, 2.24) is 0 Å². The lowest BCUT2D eigenvalue weighted by molar-refractivity contribution is -0.144. The molecule has 1 saturated carbocycles. The van der Waals surface area contributed by atoms with Gasteiger partial charge >= 0.3 is 11.9 Å². The van der Waals surface area contributed by atoms with Crippen LogP contribution in [0.5, 0.6) is 0 Å². The fourth-order valence-electron chi connectivity index (χ4n) is 2.16. The quantitative estimate of drug-likeness (QED) is 0.542. The minimum atomic E-state index is -1.57. The smallest absolute Gasteiger partial charge is 0.354 e. The summed E-state index contributed by atoms with van der Waals surface area (Å²) in [5, 5.41) is 21.2. The number of aliphatic carboxylic acids is 2. The highest BCUT2D eigenvalue weighted by Crippen LogP contribution is 2.40. The van der Waals surface area contributed by atoms with Gasteiger partial charge in [0.1, 0.15) is 11.6 Å². The molecule has 1 heterocycles. The number of carboxylic acids is 2. The summed E-state index contributed by atoms with van der Waals surface area (Å²) in [6.45, 7) is 0. The van der Waals surface area contributed by atoms with Crippen LogP contribution >= 0.6 is 0 Å². The van der Waals surface area contributed by atoms with Crippen LogP contribution in [0.3, 0.4) is 0 Å². The first kappa shape index (κ1) is 9.91. The molecule has 0 bridgehead atoms. The largest absolute Gasteiger partial charge is 0.480 e. The second-order valence-electron chi connectivity index (χ2n) is 3.79. The molecule has 0 saturated heterocycles. The molecule has 0 aromatic rings. The molecule has 15 heavy (non-hydrogen) atoms. The highest BCUT2D eigenvalue weighted by molar-refractivity contribution is 6.37. The molecule has 2 aliphatic rings. The number of hydrogen-bond donors (Lipinski definition) is 3. The van der Waals surface area contributed by atoms with E-state index in [0.29, 0.717) is 6.42 Å². The van der Waals surface area contributed by atoms with Crippen molar-refractivity contribution in [3.8, 4) is 0 Å². The monoisotopic (exact) mass is 214 g/mol. The molecule has 7 heteroatoms. The molecular formula is C8H10N2O5. The molecule has 0 radical (unpaired) electrons. The second-order valence-corrected chi connectivity index (χ2v) is 3.79. The van der Waals surface area contributed by atoms with Crippen molar-refractivity contribution in [3.05, 3.63) is 0 Å². The van der Waals surface area contributed by atoms with Gasteiger partial charge in [0.15, 0.2) is 5.71 Å². The zero-order valence-corrected chi connectivity index (χ0v) is 7.71. The van der Waals surface area contributed by atoms with Crippen LogP contribution in [-0.2, 0) is 14.4 Å². The Kier molecular flexibility index (Phi) is 1.93. The first-order valence-corrected chi connectivity index (χ1v) is 4.46. The van der Waals surface area contributed by atoms with Crippen molar-refractivity contribution in [2.45, 2.75) is 24.5 Å². The Morgan fingerprint density at radius 2 is 2.20 bits per heavy atom. The van der Waals surface area contributed by atoms with E-state index in [-0.39, 0.29) is 12.1 Å². The third-order valence-corrected chi connectivity index (χ3v) is 2.97. The molecule has 4 N–H and O–H groups in total. The molecule has 1 fully saturated rings. The molecule has 82 valence electrons. The van der Waals surface area contributed by atoms with Gasteiger partial charge < -0.3 is 20.8 Å². The minimum absolute atomic E-state index is 0.198. The maximum Gasteiger partial charge on any atom is 0.354 e. The minimum Gasteiger partial charge on any atom is -0.480 e. The number of hydrogen-bond acceptors (Lipinski definition) is 5. The Morgan fingerprint density at radius 1 is 1.53 bits per heavy atom. The lowest BCUT2D eigenvalue weighted by Gasteiger charge is -2.24. The summed E-state index contributed by atoms with van der Waals surface area (Å²) in [5.41, 5.74) is 3.83. The number of rotatable bonds is 2. The third kappa shape index (κ3) is 1.19. The molecule has 0 unspecified atom stereocenters. The van der Waals surface area contributed by atoms with Crippen LogP contribution in [0.2, 0.25) is 0 Å². The van der Waals surface area contributed by atoms with Crippen molar-refractivity contribution in [3.63, 3.8) is 0 Å². The van der Waals surface area contributed by atoms with E-state index in [4.69, 9.17) is 20.8 Å². The predicted octanol–water partition coefficient (Wildman–Crippen LogP) is -0.982. The fourth-order valence-corrected chi connectivity index (χ4v) is 2.16. The molecule has 2 rings (SSSR count). The molecule has 0 spiro atoms. The average molecular weight is 214 g/mol. The van der Waals surface area contributed by atoms with E-state index >= 15 is 0 Å². The summed E-state index contributed by atoms with van der Waals surface area (Å²) < 4.78 is 0. The molecular weight excluding hydrogens is 204 g/mol. The van der Waals surface area contributed by atoms with E-state index in [1.165, 1.54) is 0 Å². The molecule has 7 nitrogen and oxygen atoms in total. The average Bonchev–Trinajstić information content (AvgIpc) is 2.68. The molecule has 0 aromatic carbocycles. The van der Waals surface area contributed by atoms with Crippen molar-refractivity contribution in [1.29, 1.82) is 0 Å². The zero-order valence-electron chi connectivity index (χ0n) is 7.71. The van der Waals surface area contributed by atoms with E-state index in [9.17, 15) is 9.59 Å². The highest BCUT2D eigenvalue weighted by Gasteiger charge is 2.59. The van der Waals surface area contributed by atoms with Gasteiger partial charge in [-0.1, -0.05) is 5.16 Å². The lowest BCUT2D eigenvalue weighted by Crippen LogP contribution is -2.55. The standard InChI is InChI=1S/C8H10N2O5/c9-8(7(13)14)2-1-3-4(8)5(6(11)12)10-15-3/h3-4H,1-2,9H2,(H,11,12)(H,13,14)/t3-,4+,8+/m0/s1. The Labute approximate surface area is 84.5 Å². The van der Waals surface area contributed by atoms with Gasteiger partial charge in [0, 0.05) is 0 Å². The predicted molar refractivity (Wildman–Crippen MR) is 47.2 cm³/mol. The fraction of sp³-hybridized carbons (Fsp3) is 0.625. The van der Waals surface area contributed by atoms with E-state index in [1.54, 1.807) is 0 Å². The summed E-state index contributed by atoms with van der Waals surface area (Å²) in [6.07, 6.45) is 0.0924. The summed E-state index contributed by atoms with van der Waals surface area (Å²) in [5.74, 6) is -3.34. The SMILES string of the molecule is N[C@]1(C(=O)O)CC[C@@H]2ON=C(C(=O)O)[C@@H]21. The van der Waals surface area contributed by atoms with Gasteiger partial charge in [0.05, 0.1) is 5.92 Å². The summed E-state index contributed by atoms with van der Waals surface area (Å²) in [4.78, 5) is 26.7. The van der Waals surface area contributed by atoms with Crippen LogP contribution in [0.1, 0.15) is 12.8 Å². The van der Waals surface area contributed by atoms with Crippen LogP contribution in [0.4, 0.5) is 0 Å². The van der Waals surface area contributed by atoms with Crippen molar-refractivity contribution in [2.24, 2.45) is 16.8 Å². The summed E-state index contributed by atoms with van der Waals surface area (Å²) >= 11 is 0. The van der Waals surface area contributed by atoms with Crippen LogP contribution < -0.4 is 5.73 Å². The van der Waals surface area contributed by atoms with Crippen molar-refractivity contribution >= 4 is 17.7 Å². The van der Waals surface area contributed by atoms with E-state index < -0.39 is 29.5 Å². The normalized spacial score (nSPS) is 38.1. The van der Waals surface area contributed by atoms with Crippen LogP contribution in [0.25, 0.3) is 0 Å². The number of fused-ring (bicyclic) bond motifs is 1. The maximum absolute atomic E-state index is 11.0. The third-order valence-electron chi connectivity index (χ3n) is 2.97. The number of oxime groups is 1. The summed E-state index contributed by atoms with van der Waals surface area (Å²) in [6, 6.07) is 0. The Hall–Kier alpha value is -1.63.